The Morgan fingerprint density at radius 1 is 1.30 bits per heavy atom. The summed E-state index contributed by atoms with van der Waals surface area (Å²) in [5.41, 5.74) is 0.437. The molecule has 1 amide bonds. The second-order valence-electron chi connectivity index (χ2n) is 5.29. The maximum absolute atomic E-state index is 13.1. The summed E-state index contributed by atoms with van der Waals surface area (Å²) in [6.45, 7) is 4.40. The van der Waals surface area contributed by atoms with Gasteiger partial charge in [0.25, 0.3) is 6.43 Å². The van der Waals surface area contributed by atoms with Gasteiger partial charge in [-0.25, -0.2) is 8.78 Å². The Balaban J connectivity index is 1.95. The number of rotatable bonds is 6. The summed E-state index contributed by atoms with van der Waals surface area (Å²) in [5, 5.41) is 2.47. The fraction of sp³-hybridized carbons (Fsp3) is 0.533. The molecule has 0 unspecified atom stereocenters. The van der Waals surface area contributed by atoms with Crippen molar-refractivity contribution in [2.24, 2.45) is 5.92 Å². The number of hydrogen-bond donors (Lipinski definition) is 1. The van der Waals surface area contributed by atoms with E-state index < -0.39 is 12.5 Å². The van der Waals surface area contributed by atoms with Gasteiger partial charge in [0.15, 0.2) is 0 Å². The first-order chi connectivity index (χ1) is 9.58. The second-order valence-corrected chi connectivity index (χ2v) is 5.29. The number of hydrogen-bond acceptors (Lipinski definition) is 2. The predicted octanol–water partition coefficient (Wildman–Crippen LogP) is 2.45. The predicted molar refractivity (Wildman–Crippen MR) is 73.6 cm³/mol. The summed E-state index contributed by atoms with van der Waals surface area (Å²) >= 11 is 0. The molecule has 0 spiro atoms. The van der Waals surface area contributed by atoms with E-state index >= 15 is 0 Å². The molecule has 1 saturated heterocycles. The number of benzene rings is 1. The first-order valence-electron chi connectivity index (χ1n) is 6.93. The van der Waals surface area contributed by atoms with Crippen LogP contribution in [-0.2, 0) is 4.79 Å². The van der Waals surface area contributed by atoms with Crippen molar-refractivity contribution in [3.63, 3.8) is 0 Å². The minimum absolute atomic E-state index is 0.278. The van der Waals surface area contributed by atoms with Gasteiger partial charge in [-0.2, -0.15) is 0 Å². The number of carbonyl (C=O) groups is 1. The van der Waals surface area contributed by atoms with Crippen LogP contribution in [0.3, 0.4) is 0 Å². The molecular weight excluding hydrogens is 262 g/mol. The zero-order chi connectivity index (χ0) is 14.5. The van der Waals surface area contributed by atoms with Crippen LogP contribution in [0, 0.1) is 5.92 Å². The van der Waals surface area contributed by atoms with Crippen LogP contribution in [-0.4, -0.2) is 36.9 Å². The standard InChI is InChI=1S/C15H20F2N2O/c1-11(10-19-8-5-9-19)15(20)18-13(14(16)17)12-6-3-2-4-7-12/h2-4,6-7,11,13-14H,5,8-10H2,1H3,(H,18,20)/t11-,13-/m1/s1. The molecule has 1 aliphatic rings. The fourth-order valence-electron chi connectivity index (χ4n) is 2.28. The Morgan fingerprint density at radius 3 is 2.45 bits per heavy atom. The van der Waals surface area contributed by atoms with E-state index in [9.17, 15) is 13.6 Å². The molecule has 1 aromatic carbocycles. The number of amides is 1. The highest BCUT2D eigenvalue weighted by Crippen LogP contribution is 2.21. The molecule has 2 rings (SSSR count). The van der Waals surface area contributed by atoms with E-state index in [-0.39, 0.29) is 11.8 Å². The van der Waals surface area contributed by atoms with Crippen LogP contribution in [0.2, 0.25) is 0 Å². The Labute approximate surface area is 118 Å². The molecule has 20 heavy (non-hydrogen) atoms. The monoisotopic (exact) mass is 282 g/mol. The molecule has 0 aromatic heterocycles. The molecule has 0 bridgehead atoms. The van der Waals surface area contributed by atoms with E-state index in [0.29, 0.717) is 12.1 Å². The third-order valence-corrected chi connectivity index (χ3v) is 3.64. The minimum Gasteiger partial charge on any atom is -0.343 e. The summed E-state index contributed by atoms with van der Waals surface area (Å²) in [6, 6.07) is 7.14. The van der Waals surface area contributed by atoms with Crippen LogP contribution in [0.4, 0.5) is 8.78 Å². The summed E-state index contributed by atoms with van der Waals surface area (Å²) in [6.07, 6.45) is -1.46. The van der Waals surface area contributed by atoms with Crippen molar-refractivity contribution in [3.8, 4) is 0 Å². The van der Waals surface area contributed by atoms with Gasteiger partial charge in [-0.05, 0) is 25.1 Å². The van der Waals surface area contributed by atoms with Crippen molar-refractivity contribution in [2.75, 3.05) is 19.6 Å². The average Bonchev–Trinajstić information content (AvgIpc) is 2.40. The maximum Gasteiger partial charge on any atom is 0.262 e. The SMILES string of the molecule is C[C@H](CN1CCC1)C(=O)N[C@H](c1ccccc1)C(F)F. The third-order valence-electron chi connectivity index (χ3n) is 3.64. The topological polar surface area (TPSA) is 32.3 Å². The van der Waals surface area contributed by atoms with Crippen molar-refractivity contribution in [1.29, 1.82) is 0 Å². The van der Waals surface area contributed by atoms with Crippen molar-refractivity contribution in [1.82, 2.24) is 10.2 Å². The van der Waals surface area contributed by atoms with Crippen LogP contribution < -0.4 is 5.32 Å². The Bertz CT molecular complexity index is 435. The molecule has 1 fully saturated rings. The van der Waals surface area contributed by atoms with Gasteiger partial charge in [-0.15, -0.1) is 0 Å². The highest BCUT2D eigenvalue weighted by Gasteiger charge is 2.27. The molecule has 0 radical (unpaired) electrons. The molecule has 2 atom stereocenters. The van der Waals surface area contributed by atoms with Crippen molar-refractivity contribution >= 4 is 5.91 Å². The zero-order valence-corrected chi connectivity index (χ0v) is 11.6. The van der Waals surface area contributed by atoms with Crippen LogP contribution in [0.1, 0.15) is 24.9 Å². The van der Waals surface area contributed by atoms with Gasteiger partial charge in [-0.3, -0.25) is 4.79 Å². The van der Waals surface area contributed by atoms with E-state index in [1.54, 1.807) is 37.3 Å². The number of halogens is 2. The van der Waals surface area contributed by atoms with Gasteiger partial charge in [0.1, 0.15) is 6.04 Å². The molecule has 1 heterocycles. The summed E-state index contributed by atoms with van der Waals surface area (Å²) in [4.78, 5) is 14.2. The molecule has 1 aliphatic heterocycles. The van der Waals surface area contributed by atoms with Gasteiger partial charge in [0.2, 0.25) is 5.91 Å². The van der Waals surface area contributed by atoms with Crippen molar-refractivity contribution in [3.05, 3.63) is 35.9 Å². The normalized spacial score (nSPS) is 18.4. The minimum atomic E-state index is -2.61. The van der Waals surface area contributed by atoms with E-state index in [0.717, 1.165) is 19.5 Å². The molecule has 3 nitrogen and oxygen atoms in total. The van der Waals surface area contributed by atoms with Gasteiger partial charge in [-0.1, -0.05) is 37.3 Å². The van der Waals surface area contributed by atoms with Gasteiger partial charge >= 0.3 is 0 Å². The molecule has 1 aromatic rings. The van der Waals surface area contributed by atoms with E-state index in [1.807, 2.05) is 0 Å². The van der Waals surface area contributed by atoms with E-state index in [4.69, 9.17) is 0 Å². The van der Waals surface area contributed by atoms with Crippen LogP contribution >= 0.6 is 0 Å². The molecule has 1 N–H and O–H groups in total. The van der Waals surface area contributed by atoms with Crippen molar-refractivity contribution in [2.45, 2.75) is 25.8 Å². The Hall–Kier alpha value is -1.49. The lowest BCUT2D eigenvalue weighted by atomic mass is 10.0. The largest absolute Gasteiger partial charge is 0.343 e. The summed E-state index contributed by atoms with van der Waals surface area (Å²) in [7, 11) is 0. The number of alkyl halides is 2. The van der Waals surface area contributed by atoms with Gasteiger partial charge in [0.05, 0.1) is 0 Å². The van der Waals surface area contributed by atoms with Crippen LogP contribution in [0.25, 0.3) is 0 Å². The Morgan fingerprint density at radius 2 is 1.95 bits per heavy atom. The molecular formula is C15H20F2N2O. The molecule has 110 valence electrons. The highest BCUT2D eigenvalue weighted by atomic mass is 19.3. The van der Waals surface area contributed by atoms with Gasteiger partial charge < -0.3 is 10.2 Å². The number of nitrogens with one attached hydrogen (secondary N) is 1. The summed E-state index contributed by atoms with van der Waals surface area (Å²) in [5.74, 6) is -0.591. The fourth-order valence-corrected chi connectivity index (χ4v) is 2.28. The number of carbonyl (C=O) groups excluding carboxylic acids is 1. The van der Waals surface area contributed by atoms with Crippen molar-refractivity contribution < 1.29 is 13.6 Å². The molecule has 0 aliphatic carbocycles. The lowest BCUT2D eigenvalue weighted by Gasteiger charge is -2.33. The van der Waals surface area contributed by atoms with Crippen LogP contribution in [0.15, 0.2) is 30.3 Å². The van der Waals surface area contributed by atoms with E-state index in [1.165, 1.54) is 0 Å². The third kappa shape index (κ3) is 3.76. The first kappa shape index (κ1) is 14.9. The lowest BCUT2D eigenvalue weighted by molar-refractivity contribution is -0.127. The lowest BCUT2D eigenvalue weighted by Crippen LogP contribution is -2.45. The second kappa shape index (κ2) is 6.79. The number of nitrogens with zero attached hydrogens (tertiary/aromatic N) is 1. The van der Waals surface area contributed by atoms with E-state index in [2.05, 4.69) is 10.2 Å². The molecule has 5 heteroatoms. The molecule has 0 saturated carbocycles. The quantitative estimate of drug-likeness (QED) is 0.869. The zero-order valence-electron chi connectivity index (χ0n) is 11.6. The average molecular weight is 282 g/mol. The first-order valence-corrected chi connectivity index (χ1v) is 6.93. The van der Waals surface area contributed by atoms with Crippen LogP contribution in [0.5, 0.6) is 0 Å². The number of likely N-dealkylation sites (tertiary alicyclic amines) is 1. The Kier molecular flexibility index (Phi) is 5.06. The van der Waals surface area contributed by atoms with Gasteiger partial charge in [0, 0.05) is 12.5 Å². The highest BCUT2D eigenvalue weighted by molar-refractivity contribution is 5.79. The smallest absolute Gasteiger partial charge is 0.262 e. The maximum atomic E-state index is 13.1. The summed E-state index contributed by atoms with van der Waals surface area (Å²) < 4.78 is 26.2.